The number of amides is 1. The van der Waals surface area contributed by atoms with E-state index in [-0.39, 0.29) is 5.91 Å². The average Bonchev–Trinajstić information content (AvgIpc) is 3.09. The number of nitrogens with one attached hydrogen (secondary N) is 1. The van der Waals surface area contributed by atoms with Crippen LogP contribution in [0, 0.1) is 12.8 Å². The van der Waals surface area contributed by atoms with Gasteiger partial charge in [0.2, 0.25) is 0 Å². The third-order valence-electron chi connectivity index (χ3n) is 4.12. The minimum absolute atomic E-state index is 0.129. The molecule has 6 nitrogen and oxygen atoms in total. The van der Waals surface area contributed by atoms with Crippen molar-refractivity contribution in [2.45, 2.75) is 46.1 Å². The maximum Gasteiger partial charge on any atom is 0.273 e. The fourth-order valence-electron chi connectivity index (χ4n) is 2.87. The summed E-state index contributed by atoms with van der Waals surface area (Å²) in [5.41, 5.74) is 2.47. The topological polar surface area (TPSA) is 73.0 Å². The van der Waals surface area contributed by atoms with Crippen molar-refractivity contribution in [3.05, 3.63) is 35.0 Å². The van der Waals surface area contributed by atoms with Gasteiger partial charge in [-0.25, -0.2) is 0 Å². The van der Waals surface area contributed by atoms with Crippen molar-refractivity contribution < 1.29 is 9.32 Å². The van der Waals surface area contributed by atoms with Crippen LogP contribution in [0.1, 0.15) is 47.3 Å². The molecule has 2 aromatic heterocycles. The zero-order valence-electron chi connectivity index (χ0n) is 13.1. The summed E-state index contributed by atoms with van der Waals surface area (Å²) in [6.45, 7) is 5.56. The van der Waals surface area contributed by atoms with Gasteiger partial charge in [-0.15, -0.1) is 0 Å². The van der Waals surface area contributed by atoms with Gasteiger partial charge in [0.15, 0.2) is 5.69 Å². The first kappa shape index (κ1) is 14.8. The van der Waals surface area contributed by atoms with Gasteiger partial charge in [-0.2, -0.15) is 5.10 Å². The van der Waals surface area contributed by atoms with Crippen molar-refractivity contribution >= 4 is 5.91 Å². The van der Waals surface area contributed by atoms with E-state index in [0.29, 0.717) is 18.2 Å². The molecule has 2 heterocycles. The van der Waals surface area contributed by atoms with E-state index in [1.807, 2.05) is 23.9 Å². The van der Waals surface area contributed by atoms with Crippen molar-refractivity contribution in [1.29, 1.82) is 0 Å². The average molecular weight is 302 g/mol. The second-order valence-electron chi connectivity index (χ2n) is 6.11. The monoisotopic (exact) mass is 302 g/mol. The van der Waals surface area contributed by atoms with Crippen LogP contribution in [-0.2, 0) is 19.4 Å². The number of aryl methyl sites for hydroxylation is 3. The van der Waals surface area contributed by atoms with Gasteiger partial charge in [-0.3, -0.25) is 9.48 Å². The van der Waals surface area contributed by atoms with Gasteiger partial charge in [-0.1, -0.05) is 12.1 Å². The number of nitrogens with zero attached hydrogens (tertiary/aromatic N) is 3. The SMILES string of the molecule is Cc1ccn(CCCNC(=O)c2noc3c2CC(C)CC3)n1. The molecular weight excluding hydrogens is 280 g/mol. The van der Waals surface area contributed by atoms with Crippen molar-refractivity contribution in [1.82, 2.24) is 20.3 Å². The lowest BCUT2D eigenvalue weighted by molar-refractivity contribution is 0.0942. The highest BCUT2D eigenvalue weighted by molar-refractivity contribution is 5.93. The Bertz CT molecular complexity index is 659. The molecule has 2 aromatic rings. The summed E-state index contributed by atoms with van der Waals surface area (Å²) in [6, 6.07) is 1.97. The van der Waals surface area contributed by atoms with E-state index in [2.05, 4.69) is 22.5 Å². The highest BCUT2D eigenvalue weighted by Gasteiger charge is 2.26. The zero-order valence-corrected chi connectivity index (χ0v) is 13.1. The van der Waals surface area contributed by atoms with Crippen LogP contribution in [0.15, 0.2) is 16.8 Å². The Balaban J connectivity index is 1.51. The highest BCUT2D eigenvalue weighted by Crippen LogP contribution is 2.27. The quantitative estimate of drug-likeness (QED) is 0.859. The van der Waals surface area contributed by atoms with Crippen LogP contribution in [0.4, 0.5) is 0 Å². The number of rotatable bonds is 5. The van der Waals surface area contributed by atoms with Crippen LogP contribution < -0.4 is 5.32 Å². The molecule has 0 aromatic carbocycles. The van der Waals surface area contributed by atoms with Gasteiger partial charge < -0.3 is 9.84 Å². The second kappa shape index (κ2) is 6.34. The fourth-order valence-corrected chi connectivity index (χ4v) is 2.87. The molecule has 6 heteroatoms. The van der Waals surface area contributed by atoms with E-state index in [4.69, 9.17) is 4.52 Å². The van der Waals surface area contributed by atoms with Gasteiger partial charge in [0.25, 0.3) is 5.91 Å². The standard InChI is InChI=1S/C16H22N4O2/c1-11-4-5-14-13(10-11)15(19-22-14)16(21)17-7-3-8-20-9-6-12(2)18-20/h6,9,11H,3-5,7-8,10H2,1-2H3,(H,17,21). The molecule has 0 saturated heterocycles. The molecule has 0 bridgehead atoms. The molecule has 1 atom stereocenters. The normalized spacial score (nSPS) is 17.3. The molecule has 0 saturated carbocycles. The number of fused-ring (bicyclic) bond motifs is 1. The van der Waals surface area contributed by atoms with Crippen LogP contribution in [0.3, 0.4) is 0 Å². The summed E-state index contributed by atoms with van der Waals surface area (Å²) in [7, 11) is 0. The van der Waals surface area contributed by atoms with E-state index in [1.165, 1.54) is 0 Å². The second-order valence-corrected chi connectivity index (χ2v) is 6.11. The molecule has 0 spiro atoms. The van der Waals surface area contributed by atoms with E-state index in [1.54, 1.807) is 0 Å². The van der Waals surface area contributed by atoms with Crippen LogP contribution in [-0.4, -0.2) is 27.4 Å². The molecule has 0 radical (unpaired) electrons. The van der Waals surface area contributed by atoms with Crippen molar-refractivity contribution in [2.24, 2.45) is 5.92 Å². The molecule has 1 N–H and O–H groups in total. The third kappa shape index (κ3) is 3.21. The zero-order chi connectivity index (χ0) is 15.5. The lowest BCUT2D eigenvalue weighted by atomic mass is 9.88. The van der Waals surface area contributed by atoms with E-state index in [9.17, 15) is 4.79 Å². The van der Waals surface area contributed by atoms with E-state index >= 15 is 0 Å². The predicted molar refractivity (Wildman–Crippen MR) is 81.6 cm³/mol. The number of aromatic nitrogens is 3. The lowest BCUT2D eigenvalue weighted by Crippen LogP contribution is -2.27. The summed E-state index contributed by atoms with van der Waals surface area (Å²) in [6.07, 6.45) is 5.66. The van der Waals surface area contributed by atoms with Gasteiger partial charge in [0, 0.05) is 31.3 Å². The van der Waals surface area contributed by atoms with Gasteiger partial charge in [0.1, 0.15) is 5.76 Å². The molecule has 1 amide bonds. The molecule has 0 aliphatic heterocycles. The summed E-state index contributed by atoms with van der Waals surface area (Å²) in [5, 5.41) is 11.2. The van der Waals surface area contributed by atoms with Crippen LogP contribution in [0.5, 0.6) is 0 Å². The Morgan fingerprint density at radius 3 is 3.18 bits per heavy atom. The Morgan fingerprint density at radius 1 is 1.55 bits per heavy atom. The van der Waals surface area contributed by atoms with Gasteiger partial charge in [-0.05, 0) is 38.2 Å². The fraction of sp³-hybridized carbons (Fsp3) is 0.562. The largest absolute Gasteiger partial charge is 0.360 e. The van der Waals surface area contributed by atoms with E-state index < -0.39 is 0 Å². The summed E-state index contributed by atoms with van der Waals surface area (Å²) < 4.78 is 7.20. The Kier molecular flexibility index (Phi) is 4.27. The summed E-state index contributed by atoms with van der Waals surface area (Å²) >= 11 is 0. The van der Waals surface area contributed by atoms with E-state index in [0.717, 1.165) is 49.2 Å². The number of carbonyl (C=O) groups is 1. The minimum atomic E-state index is -0.129. The lowest BCUT2D eigenvalue weighted by Gasteiger charge is -2.16. The smallest absolute Gasteiger partial charge is 0.273 e. The Hall–Kier alpha value is -2.11. The van der Waals surface area contributed by atoms with Crippen molar-refractivity contribution in [3.8, 4) is 0 Å². The van der Waals surface area contributed by atoms with Crippen LogP contribution >= 0.6 is 0 Å². The molecule has 22 heavy (non-hydrogen) atoms. The molecule has 1 aliphatic rings. The molecule has 0 fully saturated rings. The first-order chi connectivity index (χ1) is 10.6. The minimum Gasteiger partial charge on any atom is -0.360 e. The van der Waals surface area contributed by atoms with Crippen LogP contribution in [0.25, 0.3) is 0 Å². The number of hydrogen-bond donors (Lipinski definition) is 1. The number of carbonyl (C=O) groups excluding carboxylic acids is 1. The Morgan fingerprint density at radius 2 is 2.41 bits per heavy atom. The molecule has 1 unspecified atom stereocenters. The Labute approximate surface area is 129 Å². The van der Waals surface area contributed by atoms with Gasteiger partial charge in [0.05, 0.1) is 5.69 Å². The summed E-state index contributed by atoms with van der Waals surface area (Å²) in [4.78, 5) is 12.2. The van der Waals surface area contributed by atoms with Crippen molar-refractivity contribution in [2.75, 3.05) is 6.54 Å². The van der Waals surface area contributed by atoms with Crippen LogP contribution in [0.2, 0.25) is 0 Å². The molecule has 3 rings (SSSR count). The number of hydrogen-bond acceptors (Lipinski definition) is 4. The maximum absolute atomic E-state index is 12.2. The summed E-state index contributed by atoms with van der Waals surface area (Å²) in [5.74, 6) is 1.34. The molecule has 1 aliphatic carbocycles. The highest BCUT2D eigenvalue weighted by atomic mass is 16.5. The molecule has 118 valence electrons. The van der Waals surface area contributed by atoms with Gasteiger partial charge >= 0.3 is 0 Å². The first-order valence-electron chi connectivity index (χ1n) is 7.89. The van der Waals surface area contributed by atoms with Crippen molar-refractivity contribution in [3.63, 3.8) is 0 Å². The first-order valence-corrected chi connectivity index (χ1v) is 7.89. The predicted octanol–water partition coefficient (Wildman–Crippen LogP) is 2.12. The third-order valence-corrected chi connectivity index (χ3v) is 4.12. The maximum atomic E-state index is 12.2. The molecular formula is C16H22N4O2.